The van der Waals surface area contributed by atoms with E-state index in [0.29, 0.717) is 10.7 Å². The predicted molar refractivity (Wildman–Crippen MR) is 100.0 cm³/mol. The van der Waals surface area contributed by atoms with Gasteiger partial charge >= 0.3 is 0 Å². The summed E-state index contributed by atoms with van der Waals surface area (Å²) in [7, 11) is 0. The number of hydrogen-bond donors (Lipinski definition) is 2. The molecule has 0 unspecified atom stereocenters. The molecule has 25 heavy (non-hydrogen) atoms. The second-order valence-electron chi connectivity index (χ2n) is 5.24. The van der Waals surface area contributed by atoms with Gasteiger partial charge in [-0.15, -0.1) is 10.2 Å². The van der Waals surface area contributed by atoms with Crippen LogP contribution in [0.4, 0.5) is 5.13 Å². The number of aromatic amines is 1. The maximum Gasteiger partial charge on any atom is 0.257 e. The van der Waals surface area contributed by atoms with E-state index in [1.807, 2.05) is 24.3 Å². The fraction of sp³-hybridized carbons (Fsp3) is 0.0588. The van der Waals surface area contributed by atoms with E-state index in [4.69, 9.17) is 0 Å². The zero-order valence-electron chi connectivity index (χ0n) is 13.0. The molecule has 0 aliphatic carbocycles. The van der Waals surface area contributed by atoms with E-state index in [1.54, 1.807) is 30.2 Å². The highest BCUT2D eigenvalue weighted by atomic mass is 32.2. The van der Waals surface area contributed by atoms with E-state index in [9.17, 15) is 4.79 Å². The lowest BCUT2D eigenvalue weighted by Crippen LogP contribution is -2.11. The summed E-state index contributed by atoms with van der Waals surface area (Å²) in [6.45, 7) is 0. The van der Waals surface area contributed by atoms with E-state index < -0.39 is 0 Å². The van der Waals surface area contributed by atoms with E-state index in [-0.39, 0.29) is 5.91 Å². The maximum absolute atomic E-state index is 12.4. The van der Waals surface area contributed by atoms with Crippen LogP contribution in [-0.2, 0) is 5.75 Å². The molecular weight excluding hydrogens is 354 g/mol. The molecule has 1 amide bonds. The van der Waals surface area contributed by atoms with Crippen molar-refractivity contribution in [1.82, 2.24) is 20.2 Å². The molecule has 124 valence electrons. The Morgan fingerprint density at radius 3 is 2.92 bits per heavy atom. The SMILES string of the molecule is O=C(Nc1nnc(SCc2ccccc2)s1)c1ccc2nc[nH]c2c1. The van der Waals surface area contributed by atoms with Crippen molar-refractivity contribution in [2.24, 2.45) is 0 Å². The summed E-state index contributed by atoms with van der Waals surface area (Å²) >= 11 is 2.97. The van der Waals surface area contributed by atoms with Crippen LogP contribution in [0.15, 0.2) is 59.2 Å². The quantitative estimate of drug-likeness (QED) is 0.412. The Morgan fingerprint density at radius 1 is 1.16 bits per heavy atom. The Balaban J connectivity index is 1.40. The molecule has 4 aromatic rings. The number of amides is 1. The zero-order valence-corrected chi connectivity index (χ0v) is 14.6. The standard InChI is InChI=1S/C17H13N5OS2/c23-15(12-6-7-13-14(8-12)19-10-18-13)20-16-21-22-17(25-16)24-9-11-4-2-1-3-5-11/h1-8,10H,9H2,(H,18,19)(H,20,21,23). The van der Waals surface area contributed by atoms with Crippen LogP contribution < -0.4 is 5.32 Å². The molecule has 8 heteroatoms. The average Bonchev–Trinajstić information content (AvgIpc) is 3.29. The second kappa shape index (κ2) is 7.04. The number of nitrogens with one attached hydrogen (secondary N) is 2. The number of imidazole rings is 1. The van der Waals surface area contributed by atoms with Gasteiger partial charge in [-0.2, -0.15) is 0 Å². The van der Waals surface area contributed by atoms with Gasteiger partial charge in [0.2, 0.25) is 5.13 Å². The smallest absolute Gasteiger partial charge is 0.257 e. The number of H-pyrrole nitrogens is 1. The lowest BCUT2D eigenvalue weighted by Gasteiger charge is -2.01. The molecular formula is C17H13N5OS2. The van der Waals surface area contributed by atoms with E-state index in [0.717, 1.165) is 21.1 Å². The van der Waals surface area contributed by atoms with E-state index in [2.05, 4.69) is 37.6 Å². The van der Waals surface area contributed by atoms with E-state index in [1.165, 1.54) is 16.9 Å². The number of carbonyl (C=O) groups excluding carboxylic acids is 1. The number of nitrogens with zero attached hydrogens (tertiary/aromatic N) is 3. The number of thioether (sulfide) groups is 1. The summed E-state index contributed by atoms with van der Waals surface area (Å²) in [4.78, 5) is 19.5. The molecule has 0 fully saturated rings. The van der Waals surface area contributed by atoms with Crippen LogP contribution in [0.25, 0.3) is 11.0 Å². The summed E-state index contributed by atoms with van der Waals surface area (Å²) in [5.74, 6) is 0.604. The minimum atomic E-state index is -0.216. The van der Waals surface area contributed by atoms with Gasteiger partial charge in [-0.3, -0.25) is 10.1 Å². The average molecular weight is 367 g/mol. The van der Waals surface area contributed by atoms with Gasteiger partial charge in [-0.05, 0) is 23.8 Å². The Hall–Kier alpha value is -2.71. The molecule has 4 rings (SSSR count). The highest BCUT2D eigenvalue weighted by molar-refractivity contribution is 8.00. The van der Waals surface area contributed by atoms with Crippen LogP contribution in [-0.4, -0.2) is 26.1 Å². The summed E-state index contributed by atoms with van der Waals surface area (Å²) in [6, 6.07) is 15.5. The van der Waals surface area contributed by atoms with Crippen molar-refractivity contribution < 1.29 is 4.79 Å². The van der Waals surface area contributed by atoms with Crippen LogP contribution in [0, 0.1) is 0 Å². The highest BCUT2D eigenvalue weighted by Gasteiger charge is 2.11. The van der Waals surface area contributed by atoms with Crippen molar-refractivity contribution in [2.75, 3.05) is 5.32 Å². The Labute approximate surface area is 151 Å². The molecule has 0 bridgehead atoms. The summed E-state index contributed by atoms with van der Waals surface area (Å²) in [5.41, 5.74) is 3.42. The van der Waals surface area contributed by atoms with Gasteiger partial charge in [-0.1, -0.05) is 53.4 Å². The van der Waals surface area contributed by atoms with Gasteiger partial charge in [0.05, 0.1) is 17.4 Å². The van der Waals surface area contributed by atoms with Gasteiger partial charge in [0.1, 0.15) is 0 Å². The lowest BCUT2D eigenvalue weighted by molar-refractivity contribution is 0.102. The molecule has 0 spiro atoms. The first-order valence-electron chi connectivity index (χ1n) is 7.53. The monoisotopic (exact) mass is 367 g/mol. The third kappa shape index (κ3) is 3.70. The molecule has 0 atom stereocenters. The topological polar surface area (TPSA) is 83.6 Å². The third-order valence-corrected chi connectivity index (χ3v) is 5.56. The second-order valence-corrected chi connectivity index (χ2v) is 7.44. The Morgan fingerprint density at radius 2 is 2.04 bits per heavy atom. The zero-order chi connectivity index (χ0) is 17.1. The number of aromatic nitrogens is 4. The molecule has 2 heterocycles. The molecule has 6 nitrogen and oxygen atoms in total. The van der Waals surface area contributed by atoms with Crippen molar-refractivity contribution in [3.8, 4) is 0 Å². The summed E-state index contributed by atoms with van der Waals surface area (Å²) < 4.78 is 0.822. The fourth-order valence-corrected chi connectivity index (χ4v) is 3.99. The van der Waals surface area contributed by atoms with Crippen LogP contribution in [0.3, 0.4) is 0 Å². The first-order chi connectivity index (χ1) is 12.3. The molecule has 2 aromatic heterocycles. The predicted octanol–water partition coefficient (Wildman–Crippen LogP) is 3.96. The highest BCUT2D eigenvalue weighted by Crippen LogP contribution is 2.28. The van der Waals surface area contributed by atoms with Gasteiger partial charge in [0.15, 0.2) is 4.34 Å². The summed E-state index contributed by atoms with van der Waals surface area (Å²) in [6.07, 6.45) is 1.60. The van der Waals surface area contributed by atoms with Crippen LogP contribution in [0.2, 0.25) is 0 Å². The molecule has 2 aromatic carbocycles. The number of rotatable bonds is 5. The minimum Gasteiger partial charge on any atom is -0.345 e. The molecule has 0 saturated heterocycles. The first-order valence-corrected chi connectivity index (χ1v) is 9.33. The van der Waals surface area contributed by atoms with Crippen molar-refractivity contribution >= 4 is 45.2 Å². The fourth-order valence-electron chi connectivity index (χ4n) is 2.28. The van der Waals surface area contributed by atoms with Crippen molar-refractivity contribution in [3.63, 3.8) is 0 Å². The molecule has 0 saturated carbocycles. The Kier molecular flexibility index (Phi) is 4.45. The number of benzene rings is 2. The number of hydrogen-bond acceptors (Lipinski definition) is 6. The molecule has 2 N–H and O–H groups in total. The Bertz CT molecular complexity index is 1010. The first kappa shape index (κ1) is 15.8. The number of anilines is 1. The van der Waals surface area contributed by atoms with Gasteiger partial charge in [0, 0.05) is 11.3 Å². The minimum absolute atomic E-state index is 0.216. The van der Waals surface area contributed by atoms with Gasteiger partial charge < -0.3 is 4.98 Å². The largest absolute Gasteiger partial charge is 0.345 e. The summed E-state index contributed by atoms with van der Waals surface area (Å²) in [5, 5.41) is 11.4. The van der Waals surface area contributed by atoms with Crippen molar-refractivity contribution in [3.05, 3.63) is 66.0 Å². The lowest BCUT2D eigenvalue weighted by atomic mass is 10.2. The number of fused-ring (bicyclic) bond motifs is 1. The van der Waals surface area contributed by atoms with E-state index >= 15 is 0 Å². The third-order valence-electron chi connectivity index (χ3n) is 3.51. The van der Waals surface area contributed by atoms with Crippen LogP contribution in [0.5, 0.6) is 0 Å². The van der Waals surface area contributed by atoms with Crippen molar-refractivity contribution in [1.29, 1.82) is 0 Å². The van der Waals surface area contributed by atoms with Crippen LogP contribution in [0.1, 0.15) is 15.9 Å². The molecule has 0 radical (unpaired) electrons. The van der Waals surface area contributed by atoms with Gasteiger partial charge in [0.25, 0.3) is 5.91 Å². The van der Waals surface area contributed by atoms with Crippen LogP contribution >= 0.6 is 23.1 Å². The molecule has 0 aliphatic heterocycles. The van der Waals surface area contributed by atoms with Gasteiger partial charge in [-0.25, -0.2) is 4.98 Å². The normalized spacial score (nSPS) is 10.9. The number of carbonyl (C=O) groups is 1. The maximum atomic E-state index is 12.4. The van der Waals surface area contributed by atoms with Crippen molar-refractivity contribution in [2.45, 2.75) is 10.1 Å². The molecule has 0 aliphatic rings.